The van der Waals surface area contributed by atoms with E-state index >= 15 is 0 Å². The first-order valence-corrected chi connectivity index (χ1v) is 8.75. The highest BCUT2D eigenvalue weighted by molar-refractivity contribution is 7.89. The SMILES string of the molecule is O=C(O)C1CCCC1S(=O)(=O)N1CCCCCCC1. The summed E-state index contributed by atoms with van der Waals surface area (Å²) in [5.41, 5.74) is 0. The van der Waals surface area contributed by atoms with E-state index in [4.69, 9.17) is 5.11 Å². The van der Waals surface area contributed by atoms with E-state index in [2.05, 4.69) is 0 Å². The van der Waals surface area contributed by atoms with E-state index in [0.29, 0.717) is 32.4 Å². The largest absolute Gasteiger partial charge is 0.481 e. The Hall–Kier alpha value is -0.620. The number of carboxylic acids is 1. The Kier molecular flexibility index (Phi) is 4.84. The first-order valence-electron chi connectivity index (χ1n) is 7.25. The maximum atomic E-state index is 12.6. The molecule has 1 aliphatic heterocycles. The fraction of sp³-hybridized carbons (Fsp3) is 0.923. The van der Waals surface area contributed by atoms with Crippen molar-refractivity contribution >= 4 is 16.0 Å². The number of rotatable bonds is 3. The molecule has 6 heteroatoms. The van der Waals surface area contributed by atoms with Gasteiger partial charge >= 0.3 is 5.97 Å². The monoisotopic (exact) mass is 289 g/mol. The highest BCUT2D eigenvalue weighted by Gasteiger charge is 2.44. The molecule has 1 saturated carbocycles. The smallest absolute Gasteiger partial charge is 0.307 e. The third-order valence-corrected chi connectivity index (χ3v) is 6.74. The highest BCUT2D eigenvalue weighted by Crippen LogP contribution is 2.33. The van der Waals surface area contributed by atoms with Crippen LogP contribution in [-0.4, -0.2) is 42.1 Å². The van der Waals surface area contributed by atoms with Crippen LogP contribution in [0.15, 0.2) is 0 Å². The maximum absolute atomic E-state index is 12.6. The summed E-state index contributed by atoms with van der Waals surface area (Å²) in [6.45, 7) is 1.12. The second-order valence-electron chi connectivity index (χ2n) is 5.63. The average molecular weight is 289 g/mol. The lowest BCUT2D eigenvalue weighted by Crippen LogP contribution is -2.43. The molecule has 0 aromatic rings. The molecule has 1 N–H and O–H groups in total. The molecule has 2 unspecified atom stereocenters. The van der Waals surface area contributed by atoms with Gasteiger partial charge < -0.3 is 5.11 Å². The third kappa shape index (κ3) is 3.28. The Balaban J connectivity index is 2.13. The zero-order chi connectivity index (χ0) is 13.9. The molecule has 2 atom stereocenters. The van der Waals surface area contributed by atoms with E-state index in [1.165, 1.54) is 6.42 Å². The quantitative estimate of drug-likeness (QED) is 0.860. The van der Waals surface area contributed by atoms with Crippen molar-refractivity contribution in [2.24, 2.45) is 5.92 Å². The second-order valence-corrected chi connectivity index (χ2v) is 7.78. The number of aliphatic carboxylic acids is 1. The fourth-order valence-corrected chi connectivity index (χ4v) is 5.51. The van der Waals surface area contributed by atoms with Crippen molar-refractivity contribution in [1.82, 2.24) is 4.31 Å². The summed E-state index contributed by atoms with van der Waals surface area (Å²) in [6.07, 6.45) is 6.79. The molecule has 0 aromatic carbocycles. The normalized spacial score (nSPS) is 30.7. The Morgan fingerprint density at radius 2 is 1.53 bits per heavy atom. The summed E-state index contributed by atoms with van der Waals surface area (Å²) in [5.74, 6) is -1.67. The number of hydrogen-bond donors (Lipinski definition) is 1. The van der Waals surface area contributed by atoms with Crippen molar-refractivity contribution < 1.29 is 18.3 Å². The molecule has 110 valence electrons. The number of carboxylic acid groups (broad SMARTS) is 1. The van der Waals surface area contributed by atoms with E-state index < -0.39 is 27.2 Å². The minimum Gasteiger partial charge on any atom is -0.481 e. The zero-order valence-electron chi connectivity index (χ0n) is 11.3. The van der Waals surface area contributed by atoms with Gasteiger partial charge in [0.1, 0.15) is 0 Å². The Morgan fingerprint density at radius 1 is 0.947 bits per heavy atom. The van der Waals surface area contributed by atoms with Crippen LogP contribution >= 0.6 is 0 Å². The first kappa shape index (κ1) is 14.8. The molecule has 1 heterocycles. The van der Waals surface area contributed by atoms with Crippen LogP contribution in [0.25, 0.3) is 0 Å². The lowest BCUT2D eigenvalue weighted by Gasteiger charge is -2.28. The molecule has 1 saturated heterocycles. The maximum Gasteiger partial charge on any atom is 0.307 e. The van der Waals surface area contributed by atoms with Gasteiger partial charge in [0.2, 0.25) is 10.0 Å². The van der Waals surface area contributed by atoms with E-state index in [0.717, 1.165) is 25.7 Å². The summed E-state index contributed by atoms with van der Waals surface area (Å²) >= 11 is 0. The predicted molar refractivity (Wildman–Crippen MR) is 72.3 cm³/mol. The molecule has 5 nitrogen and oxygen atoms in total. The van der Waals surface area contributed by atoms with Crippen LogP contribution in [0.5, 0.6) is 0 Å². The van der Waals surface area contributed by atoms with Crippen molar-refractivity contribution in [3.8, 4) is 0 Å². The Morgan fingerprint density at radius 3 is 2.11 bits per heavy atom. The van der Waals surface area contributed by atoms with Crippen LogP contribution in [0.3, 0.4) is 0 Å². The van der Waals surface area contributed by atoms with Gasteiger partial charge in [-0.3, -0.25) is 4.79 Å². The van der Waals surface area contributed by atoms with Gasteiger partial charge in [0, 0.05) is 13.1 Å². The fourth-order valence-electron chi connectivity index (χ4n) is 3.23. The van der Waals surface area contributed by atoms with Crippen molar-refractivity contribution in [2.75, 3.05) is 13.1 Å². The van der Waals surface area contributed by atoms with Gasteiger partial charge in [-0.2, -0.15) is 0 Å². The van der Waals surface area contributed by atoms with E-state index in [-0.39, 0.29) is 0 Å². The van der Waals surface area contributed by atoms with Crippen molar-refractivity contribution in [3.05, 3.63) is 0 Å². The lowest BCUT2D eigenvalue weighted by molar-refractivity contribution is -0.141. The molecular formula is C13H23NO4S. The molecule has 1 aliphatic carbocycles. The molecule has 19 heavy (non-hydrogen) atoms. The van der Waals surface area contributed by atoms with Crippen LogP contribution in [0.2, 0.25) is 0 Å². The van der Waals surface area contributed by atoms with Gasteiger partial charge in [0.15, 0.2) is 0 Å². The van der Waals surface area contributed by atoms with Crippen LogP contribution in [-0.2, 0) is 14.8 Å². The highest BCUT2D eigenvalue weighted by atomic mass is 32.2. The molecule has 0 radical (unpaired) electrons. The third-order valence-electron chi connectivity index (χ3n) is 4.33. The standard InChI is InChI=1S/C13H23NO4S/c15-13(16)11-7-6-8-12(11)19(17,18)14-9-4-2-1-3-5-10-14/h11-12H,1-10H2,(H,15,16). The summed E-state index contributed by atoms with van der Waals surface area (Å²) < 4.78 is 26.8. The molecule has 0 amide bonds. The minimum absolute atomic E-state index is 0.493. The van der Waals surface area contributed by atoms with Gasteiger partial charge in [-0.05, 0) is 25.7 Å². The average Bonchev–Trinajstić information content (AvgIpc) is 2.77. The molecule has 0 spiro atoms. The number of hydrogen-bond acceptors (Lipinski definition) is 3. The summed E-state index contributed by atoms with van der Waals surface area (Å²) in [5, 5.41) is 8.46. The van der Waals surface area contributed by atoms with Crippen molar-refractivity contribution in [2.45, 2.75) is 56.6 Å². The van der Waals surface area contributed by atoms with Crippen molar-refractivity contribution in [3.63, 3.8) is 0 Å². The Bertz CT molecular complexity index is 412. The number of nitrogens with zero attached hydrogens (tertiary/aromatic N) is 1. The molecule has 2 fully saturated rings. The molecule has 2 rings (SSSR count). The second kappa shape index (κ2) is 6.22. The van der Waals surface area contributed by atoms with Gasteiger partial charge in [0.25, 0.3) is 0 Å². The van der Waals surface area contributed by atoms with Crippen LogP contribution in [0, 0.1) is 5.92 Å². The first-order chi connectivity index (χ1) is 9.03. The lowest BCUT2D eigenvalue weighted by atomic mass is 10.1. The van der Waals surface area contributed by atoms with E-state index in [1.54, 1.807) is 4.31 Å². The van der Waals surface area contributed by atoms with Crippen LogP contribution in [0.1, 0.15) is 51.4 Å². The summed E-state index contributed by atoms with van der Waals surface area (Å²) in [6, 6.07) is 0. The van der Waals surface area contributed by atoms with Gasteiger partial charge in [0.05, 0.1) is 11.2 Å². The van der Waals surface area contributed by atoms with E-state index in [9.17, 15) is 13.2 Å². The summed E-state index contributed by atoms with van der Waals surface area (Å²) in [7, 11) is -3.44. The van der Waals surface area contributed by atoms with Crippen LogP contribution in [0.4, 0.5) is 0 Å². The van der Waals surface area contributed by atoms with Crippen molar-refractivity contribution in [1.29, 1.82) is 0 Å². The van der Waals surface area contributed by atoms with E-state index in [1.807, 2.05) is 0 Å². The minimum atomic E-state index is -3.44. The topological polar surface area (TPSA) is 74.7 Å². The van der Waals surface area contributed by atoms with Gasteiger partial charge in [-0.15, -0.1) is 0 Å². The number of carbonyl (C=O) groups is 1. The van der Waals surface area contributed by atoms with Crippen LogP contribution < -0.4 is 0 Å². The number of sulfonamides is 1. The zero-order valence-corrected chi connectivity index (χ0v) is 12.1. The Labute approximate surface area is 115 Å². The molecular weight excluding hydrogens is 266 g/mol. The van der Waals surface area contributed by atoms with Gasteiger partial charge in [-0.1, -0.05) is 25.7 Å². The van der Waals surface area contributed by atoms with Gasteiger partial charge in [-0.25, -0.2) is 12.7 Å². The molecule has 2 aliphatic rings. The molecule has 0 aromatic heterocycles. The predicted octanol–water partition coefficient (Wildman–Crippen LogP) is 1.84. The summed E-state index contributed by atoms with van der Waals surface area (Å²) in [4.78, 5) is 11.2. The molecule has 0 bridgehead atoms.